The van der Waals surface area contributed by atoms with Crippen LogP contribution in [0, 0.1) is 13.8 Å². The Labute approximate surface area is 155 Å². The number of carbonyl (C=O) groups excluding carboxylic acids is 1. The molecule has 8 nitrogen and oxygen atoms in total. The summed E-state index contributed by atoms with van der Waals surface area (Å²) >= 11 is 0. The predicted octanol–water partition coefficient (Wildman–Crippen LogP) is 1.67. The molecule has 140 valence electrons. The number of aromatic nitrogens is 3. The van der Waals surface area contributed by atoms with E-state index >= 15 is 0 Å². The number of hydrogen-bond acceptors (Lipinski definition) is 5. The fraction of sp³-hybridized carbons (Fsp3) is 0.167. The van der Waals surface area contributed by atoms with Crippen molar-refractivity contribution in [2.45, 2.75) is 25.7 Å². The molecule has 27 heavy (non-hydrogen) atoms. The summed E-state index contributed by atoms with van der Waals surface area (Å²) in [4.78, 5) is 27.7. The van der Waals surface area contributed by atoms with Gasteiger partial charge in [0.25, 0.3) is 15.6 Å². The minimum atomic E-state index is -3.98. The lowest BCUT2D eigenvalue weighted by atomic mass is 10.1. The average molecular weight is 386 g/mol. The monoisotopic (exact) mass is 386 g/mol. The van der Waals surface area contributed by atoms with Gasteiger partial charge in [0.2, 0.25) is 5.91 Å². The molecule has 0 aliphatic carbocycles. The molecule has 0 saturated heterocycles. The Morgan fingerprint density at radius 1 is 1.11 bits per heavy atom. The van der Waals surface area contributed by atoms with Crippen LogP contribution < -0.4 is 10.3 Å². The van der Waals surface area contributed by atoms with Crippen LogP contribution in [-0.4, -0.2) is 29.1 Å². The van der Waals surface area contributed by atoms with Crippen molar-refractivity contribution in [1.29, 1.82) is 0 Å². The van der Waals surface area contributed by atoms with Crippen LogP contribution in [0.15, 0.2) is 52.3 Å². The summed E-state index contributed by atoms with van der Waals surface area (Å²) in [6, 6.07) is 10.3. The lowest BCUT2D eigenvalue weighted by Gasteiger charge is -2.05. The SMILES string of the molecule is CC(=O)NS(=O)(=O)c1ccc(-n2[nH]c(C)c(-c3ccc(C)cc3)c2=O)nc1. The highest BCUT2D eigenvalue weighted by Gasteiger charge is 2.18. The number of rotatable bonds is 4. The van der Waals surface area contributed by atoms with Crippen LogP contribution in [0.2, 0.25) is 0 Å². The van der Waals surface area contributed by atoms with Crippen LogP contribution in [0.1, 0.15) is 18.2 Å². The number of benzene rings is 1. The first-order chi connectivity index (χ1) is 12.7. The van der Waals surface area contributed by atoms with Gasteiger partial charge in [-0.15, -0.1) is 0 Å². The molecule has 1 aromatic carbocycles. The second-order valence-electron chi connectivity index (χ2n) is 6.13. The minimum Gasteiger partial charge on any atom is -0.293 e. The maximum Gasteiger partial charge on any atom is 0.280 e. The Bertz CT molecular complexity index is 1160. The Kier molecular flexibility index (Phi) is 4.71. The normalized spacial score (nSPS) is 11.4. The van der Waals surface area contributed by atoms with Gasteiger partial charge in [0.15, 0.2) is 5.82 Å². The number of carbonyl (C=O) groups is 1. The highest BCUT2D eigenvalue weighted by molar-refractivity contribution is 7.90. The second kappa shape index (κ2) is 6.84. The zero-order valence-corrected chi connectivity index (χ0v) is 15.8. The van der Waals surface area contributed by atoms with E-state index in [1.165, 1.54) is 16.8 Å². The number of sulfonamides is 1. The fourth-order valence-electron chi connectivity index (χ4n) is 2.68. The maximum absolute atomic E-state index is 12.8. The van der Waals surface area contributed by atoms with Gasteiger partial charge in [0.1, 0.15) is 4.90 Å². The Morgan fingerprint density at radius 2 is 1.78 bits per heavy atom. The molecule has 0 unspecified atom stereocenters. The molecule has 3 rings (SSSR count). The van der Waals surface area contributed by atoms with Gasteiger partial charge in [-0.05, 0) is 31.5 Å². The predicted molar refractivity (Wildman–Crippen MR) is 100 cm³/mol. The molecule has 0 aliphatic rings. The number of aromatic amines is 1. The van der Waals surface area contributed by atoms with Crippen LogP contribution in [0.25, 0.3) is 16.9 Å². The van der Waals surface area contributed by atoms with E-state index in [9.17, 15) is 18.0 Å². The van der Waals surface area contributed by atoms with Crippen molar-refractivity contribution in [1.82, 2.24) is 19.5 Å². The van der Waals surface area contributed by atoms with Crippen molar-refractivity contribution in [2.75, 3.05) is 0 Å². The molecule has 0 aliphatic heterocycles. The van der Waals surface area contributed by atoms with E-state index in [0.29, 0.717) is 11.3 Å². The number of H-pyrrole nitrogens is 1. The molecule has 0 fully saturated rings. The molecular weight excluding hydrogens is 368 g/mol. The molecule has 0 radical (unpaired) electrons. The Hall–Kier alpha value is -3.20. The number of nitrogens with zero attached hydrogens (tertiary/aromatic N) is 2. The number of pyridine rings is 1. The first kappa shape index (κ1) is 18.6. The van der Waals surface area contributed by atoms with Crippen LogP contribution in [-0.2, 0) is 14.8 Å². The van der Waals surface area contributed by atoms with Crippen molar-refractivity contribution in [3.05, 3.63) is 64.2 Å². The van der Waals surface area contributed by atoms with E-state index in [1.54, 1.807) is 6.92 Å². The van der Waals surface area contributed by atoms with Crippen molar-refractivity contribution < 1.29 is 13.2 Å². The van der Waals surface area contributed by atoms with Crippen LogP contribution in [0.4, 0.5) is 0 Å². The molecule has 9 heteroatoms. The molecule has 0 atom stereocenters. The van der Waals surface area contributed by atoms with Gasteiger partial charge in [-0.3, -0.25) is 14.7 Å². The molecule has 2 N–H and O–H groups in total. The molecule has 2 heterocycles. The first-order valence-electron chi connectivity index (χ1n) is 8.07. The van der Waals surface area contributed by atoms with Gasteiger partial charge in [0, 0.05) is 18.8 Å². The largest absolute Gasteiger partial charge is 0.293 e. The standard InChI is InChI=1S/C18H18N4O4S/c1-11-4-6-14(7-5-11)17-12(2)20-22(18(17)24)16-9-8-15(10-19-16)27(25,26)21-13(3)23/h4-10,20H,1-3H3,(H,21,23). The van der Waals surface area contributed by atoms with E-state index in [0.717, 1.165) is 24.2 Å². The minimum absolute atomic E-state index is 0.170. The van der Waals surface area contributed by atoms with Gasteiger partial charge in [-0.25, -0.2) is 22.8 Å². The van der Waals surface area contributed by atoms with E-state index < -0.39 is 15.9 Å². The summed E-state index contributed by atoms with van der Waals surface area (Å²) in [6.07, 6.45) is 1.09. The molecule has 0 bridgehead atoms. The molecule has 1 amide bonds. The number of hydrogen-bond donors (Lipinski definition) is 2. The fourth-order valence-corrected chi connectivity index (χ4v) is 3.61. The zero-order chi connectivity index (χ0) is 19.8. The third-order valence-corrected chi connectivity index (χ3v) is 5.37. The quantitative estimate of drug-likeness (QED) is 0.708. The van der Waals surface area contributed by atoms with Crippen LogP contribution in [0.3, 0.4) is 0 Å². The van der Waals surface area contributed by atoms with Gasteiger partial charge in [-0.2, -0.15) is 0 Å². The zero-order valence-electron chi connectivity index (χ0n) is 15.0. The Balaban J connectivity index is 2.01. The molecular formula is C18H18N4O4S. The van der Waals surface area contributed by atoms with E-state index in [2.05, 4.69) is 10.1 Å². The van der Waals surface area contributed by atoms with E-state index in [1.807, 2.05) is 35.9 Å². The van der Waals surface area contributed by atoms with Crippen LogP contribution in [0.5, 0.6) is 0 Å². The van der Waals surface area contributed by atoms with Crippen molar-refractivity contribution in [3.8, 4) is 16.9 Å². The molecule has 2 aromatic heterocycles. The third-order valence-electron chi connectivity index (χ3n) is 3.95. The second-order valence-corrected chi connectivity index (χ2v) is 7.81. The van der Waals surface area contributed by atoms with Crippen molar-refractivity contribution in [2.24, 2.45) is 0 Å². The highest BCUT2D eigenvalue weighted by atomic mass is 32.2. The summed E-state index contributed by atoms with van der Waals surface area (Å²) in [5.74, 6) is -0.457. The summed E-state index contributed by atoms with van der Waals surface area (Å²) in [7, 11) is -3.98. The highest BCUT2D eigenvalue weighted by Crippen LogP contribution is 2.20. The average Bonchev–Trinajstić information content (AvgIpc) is 2.89. The summed E-state index contributed by atoms with van der Waals surface area (Å²) in [5, 5.41) is 2.96. The molecule has 0 spiro atoms. The first-order valence-corrected chi connectivity index (χ1v) is 9.56. The van der Waals surface area contributed by atoms with Crippen LogP contribution >= 0.6 is 0 Å². The molecule has 0 saturated carbocycles. The van der Waals surface area contributed by atoms with Gasteiger partial charge < -0.3 is 0 Å². The topological polar surface area (TPSA) is 114 Å². The molecule has 3 aromatic rings. The Morgan fingerprint density at radius 3 is 2.33 bits per heavy atom. The lowest BCUT2D eigenvalue weighted by Crippen LogP contribution is -2.28. The van der Waals surface area contributed by atoms with Gasteiger partial charge in [-0.1, -0.05) is 29.8 Å². The smallest absolute Gasteiger partial charge is 0.280 e. The van der Waals surface area contributed by atoms with Crippen molar-refractivity contribution in [3.63, 3.8) is 0 Å². The van der Waals surface area contributed by atoms with E-state index in [4.69, 9.17) is 0 Å². The summed E-state index contributed by atoms with van der Waals surface area (Å²) in [5.41, 5.74) is 2.77. The number of nitrogens with one attached hydrogen (secondary N) is 2. The lowest BCUT2D eigenvalue weighted by molar-refractivity contribution is -0.117. The number of aryl methyl sites for hydroxylation is 2. The summed E-state index contributed by atoms with van der Waals surface area (Å²) in [6.45, 7) is 4.85. The maximum atomic E-state index is 12.8. The van der Waals surface area contributed by atoms with Gasteiger partial charge >= 0.3 is 0 Å². The van der Waals surface area contributed by atoms with Gasteiger partial charge in [0.05, 0.1) is 5.56 Å². The van der Waals surface area contributed by atoms with E-state index in [-0.39, 0.29) is 16.3 Å². The third kappa shape index (κ3) is 3.68. The van der Waals surface area contributed by atoms with Crippen molar-refractivity contribution >= 4 is 15.9 Å². The summed E-state index contributed by atoms with van der Waals surface area (Å²) < 4.78 is 27.1. The number of amides is 1.